The lowest BCUT2D eigenvalue weighted by Crippen LogP contribution is -2.45. The molecule has 2 aliphatic rings. The number of aromatic nitrogens is 2. The quantitative estimate of drug-likeness (QED) is 0.437. The summed E-state index contributed by atoms with van der Waals surface area (Å²) in [7, 11) is 3.61. The highest BCUT2D eigenvalue weighted by molar-refractivity contribution is 5.69. The Morgan fingerprint density at radius 3 is 2.23 bits per heavy atom. The van der Waals surface area contributed by atoms with Gasteiger partial charge in [-0.25, -0.2) is 4.79 Å². The molecule has 1 atom stereocenters. The van der Waals surface area contributed by atoms with Crippen molar-refractivity contribution in [3.8, 4) is 5.75 Å². The van der Waals surface area contributed by atoms with E-state index in [1.807, 2.05) is 71.3 Å². The van der Waals surface area contributed by atoms with E-state index in [9.17, 15) is 4.79 Å². The van der Waals surface area contributed by atoms with Gasteiger partial charge in [-0.3, -0.25) is 9.97 Å². The van der Waals surface area contributed by atoms with Gasteiger partial charge in [0, 0.05) is 42.8 Å². The molecule has 3 aromatic rings. The molecule has 210 valence electrons. The number of hydrogen-bond acceptors (Lipinski definition) is 6. The molecule has 1 aromatic carbocycles. The number of pyridine rings is 2. The monoisotopic (exact) mass is 532 g/mol. The standard InChI is InChI=1S/C14H20N2O2.C9H13NO.C9H11N/c1-10-8-12-11(6-5-7-15-12)9-16(10)13(17)18-14(2,3)4;1-10-7-8-3-5-9(11-2)6-4-8;1-2-6-9-8(4-1)5-3-7-10-9/h5-7,10H,8-9H2,1-4H3;3-6,10H,7H2,1-2H3;3,5,7H,1-2,4,6H2. The van der Waals surface area contributed by atoms with Gasteiger partial charge in [0.1, 0.15) is 11.4 Å². The highest BCUT2D eigenvalue weighted by atomic mass is 16.6. The van der Waals surface area contributed by atoms with Crippen LogP contribution in [-0.4, -0.2) is 46.8 Å². The lowest BCUT2D eigenvalue weighted by molar-refractivity contribution is 0.0136. The molecule has 0 saturated heterocycles. The fourth-order valence-corrected chi connectivity index (χ4v) is 4.57. The van der Waals surface area contributed by atoms with Gasteiger partial charge in [-0.15, -0.1) is 0 Å². The van der Waals surface area contributed by atoms with E-state index >= 15 is 0 Å². The number of hydrogen-bond donors (Lipinski definition) is 1. The highest BCUT2D eigenvalue weighted by Crippen LogP contribution is 2.23. The van der Waals surface area contributed by atoms with Crippen LogP contribution in [0.5, 0.6) is 5.75 Å². The van der Waals surface area contributed by atoms with Gasteiger partial charge in [0.25, 0.3) is 0 Å². The summed E-state index contributed by atoms with van der Waals surface area (Å²) in [5, 5.41) is 3.08. The Kier molecular flexibility index (Phi) is 11.3. The van der Waals surface area contributed by atoms with E-state index in [2.05, 4.69) is 33.5 Å². The van der Waals surface area contributed by atoms with E-state index < -0.39 is 5.60 Å². The van der Waals surface area contributed by atoms with E-state index in [1.165, 1.54) is 42.5 Å². The number of nitrogens with zero attached hydrogens (tertiary/aromatic N) is 3. The van der Waals surface area contributed by atoms with Crippen LogP contribution < -0.4 is 10.1 Å². The molecule has 1 amide bonds. The predicted molar refractivity (Wildman–Crippen MR) is 156 cm³/mol. The molecule has 0 bridgehead atoms. The normalized spacial score (nSPS) is 15.8. The summed E-state index contributed by atoms with van der Waals surface area (Å²) < 4.78 is 10.5. The number of rotatable bonds is 3. The number of carbonyl (C=O) groups is 1. The first-order chi connectivity index (χ1) is 18.7. The molecule has 7 heteroatoms. The van der Waals surface area contributed by atoms with Crippen molar-refractivity contribution in [1.29, 1.82) is 0 Å². The van der Waals surface area contributed by atoms with Gasteiger partial charge < -0.3 is 19.7 Å². The first-order valence-corrected chi connectivity index (χ1v) is 13.8. The van der Waals surface area contributed by atoms with Crippen molar-refractivity contribution >= 4 is 6.09 Å². The van der Waals surface area contributed by atoms with Gasteiger partial charge in [0.2, 0.25) is 0 Å². The minimum Gasteiger partial charge on any atom is -0.497 e. The van der Waals surface area contributed by atoms with E-state index in [1.54, 1.807) is 18.2 Å². The van der Waals surface area contributed by atoms with Crippen LogP contribution in [0.25, 0.3) is 0 Å². The lowest BCUT2D eigenvalue weighted by atomic mass is 9.96. The Morgan fingerprint density at radius 1 is 0.974 bits per heavy atom. The molecule has 0 radical (unpaired) electrons. The second-order valence-electron chi connectivity index (χ2n) is 11.0. The zero-order chi connectivity index (χ0) is 28.3. The number of benzene rings is 1. The Balaban J connectivity index is 0.000000172. The molecule has 0 fully saturated rings. The number of aryl methyl sites for hydroxylation is 2. The largest absolute Gasteiger partial charge is 0.497 e. The summed E-state index contributed by atoms with van der Waals surface area (Å²) in [6, 6.07) is 16.3. The second kappa shape index (κ2) is 14.6. The Bertz CT molecular complexity index is 1150. The fourth-order valence-electron chi connectivity index (χ4n) is 4.57. The van der Waals surface area contributed by atoms with Gasteiger partial charge in [0.05, 0.1) is 13.7 Å². The van der Waals surface area contributed by atoms with Gasteiger partial charge in [0.15, 0.2) is 0 Å². The maximum Gasteiger partial charge on any atom is 0.410 e. The number of fused-ring (bicyclic) bond motifs is 2. The molecule has 2 aromatic heterocycles. The molecular weight excluding hydrogens is 488 g/mol. The maximum absolute atomic E-state index is 12.1. The summed E-state index contributed by atoms with van der Waals surface area (Å²) >= 11 is 0. The average Bonchev–Trinajstić information content (AvgIpc) is 2.93. The Morgan fingerprint density at radius 2 is 1.62 bits per heavy atom. The van der Waals surface area contributed by atoms with Gasteiger partial charge in [-0.1, -0.05) is 24.3 Å². The molecule has 3 heterocycles. The first-order valence-electron chi connectivity index (χ1n) is 13.8. The third kappa shape index (κ3) is 9.66. The summed E-state index contributed by atoms with van der Waals surface area (Å²) in [5.41, 5.74) is 5.81. The van der Waals surface area contributed by atoms with Crippen LogP contribution in [0.4, 0.5) is 4.79 Å². The number of methoxy groups -OCH3 is 1. The summed E-state index contributed by atoms with van der Waals surface area (Å²) in [4.78, 5) is 22.6. The molecule has 0 saturated carbocycles. The molecular formula is C32H44N4O3. The van der Waals surface area contributed by atoms with Gasteiger partial charge in [-0.2, -0.15) is 0 Å². The molecule has 7 nitrogen and oxygen atoms in total. The van der Waals surface area contributed by atoms with Crippen LogP contribution in [0.3, 0.4) is 0 Å². The molecule has 5 rings (SSSR count). The van der Waals surface area contributed by atoms with E-state index in [-0.39, 0.29) is 12.1 Å². The van der Waals surface area contributed by atoms with Crippen molar-refractivity contribution < 1.29 is 14.3 Å². The van der Waals surface area contributed by atoms with Crippen LogP contribution >= 0.6 is 0 Å². The Labute approximate surface area is 234 Å². The predicted octanol–water partition coefficient (Wildman–Crippen LogP) is 6.14. The minimum absolute atomic E-state index is 0.127. The smallest absolute Gasteiger partial charge is 0.410 e. The van der Waals surface area contributed by atoms with Gasteiger partial charge >= 0.3 is 6.09 Å². The maximum atomic E-state index is 12.1. The zero-order valence-corrected chi connectivity index (χ0v) is 24.4. The second-order valence-corrected chi connectivity index (χ2v) is 11.0. The number of nitrogens with one attached hydrogen (secondary N) is 1. The van der Waals surface area contributed by atoms with Crippen LogP contribution in [0.15, 0.2) is 60.9 Å². The summed E-state index contributed by atoms with van der Waals surface area (Å²) in [6.07, 6.45) is 9.33. The minimum atomic E-state index is -0.452. The topological polar surface area (TPSA) is 76.6 Å². The summed E-state index contributed by atoms with van der Waals surface area (Å²) in [6.45, 7) is 9.17. The fraction of sp³-hybridized carbons (Fsp3) is 0.469. The molecule has 1 aliphatic carbocycles. The van der Waals surface area contributed by atoms with Crippen molar-refractivity contribution in [3.05, 3.63) is 89.0 Å². The number of amides is 1. The first kappa shape index (κ1) is 30.1. The van der Waals surface area contributed by atoms with Crippen molar-refractivity contribution in [1.82, 2.24) is 20.2 Å². The van der Waals surface area contributed by atoms with Crippen LogP contribution in [0.2, 0.25) is 0 Å². The van der Waals surface area contributed by atoms with Crippen molar-refractivity contribution in [2.24, 2.45) is 0 Å². The van der Waals surface area contributed by atoms with Crippen LogP contribution in [0, 0.1) is 0 Å². The Hall–Kier alpha value is -3.45. The molecule has 1 N–H and O–H groups in total. The molecule has 0 spiro atoms. The summed E-state index contributed by atoms with van der Waals surface area (Å²) in [5.74, 6) is 0.907. The van der Waals surface area contributed by atoms with E-state index in [0.717, 1.165) is 30.0 Å². The van der Waals surface area contributed by atoms with Crippen LogP contribution in [-0.2, 0) is 37.1 Å². The molecule has 39 heavy (non-hydrogen) atoms. The average molecular weight is 533 g/mol. The van der Waals surface area contributed by atoms with Crippen LogP contribution in [0.1, 0.15) is 68.6 Å². The SMILES string of the molecule is CC1Cc2ncccc2CN1C(=O)OC(C)(C)C.CNCc1ccc(OC)cc1.c1cnc2c(c1)CCCC2. The number of carbonyl (C=O) groups excluding carboxylic acids is 1. The molecule has 1 unspecified atom stereocenters. The van der Waals surface area contributed by atoms with E-state index in [0.29, 0.717) is 6.54 Å². The highest BCUT2D eigenvalue weighted by Gasteiger charge is 2.30. The zero-order valence-electron chi connectivity index (χ0n) is 24.4. The number of ether oxygens (including phenoxy) is 2. The third-order valence-electron chi connectivity index (χ3n) is 6.61. The lowest BCUT2D eigenvalue weighted by Gasteiger charge is -2.35. The van der Waals surface area contributed by atoms with Crippen molar-refractivity contribution in [2.75, 3.05) is 14.2 Å². The van der Waals surface area contributed by atoms with Gasteiger partial charge in [-0.05, 0) is 101 Å². The van der Waals surface area contributed by atoms with Crippen molar-refractivity contribution in [3.63, 3.8) is 0 Å². The third-order valence-corrected chi connectivity index (χ3v) is 6.61. The van der Waals surface area contributed by atoms with Crippen molar-refractivity contribution in [2.45, 2.75) is 84.5 Å². The molecule has 1 aliphatic heterocycles. The van der Waals surface area contributed by atoms with E-state index in [4.69, 9.17) is 9.47 Å².